The van der Waals surface area contributed by atoms with E-state index in [4.69, 9.17) is 0 Å². The summed E-state index contributed by atoms with van der Waals surface area (Å²) < 4.78 is 3.38. The van der Waals surface area contributed by atoms with Gasteiger partial charge in [0.1, 0.15) is 0 Å². The molecule has 16 heavy (non-hydrogen) atoms. The van der Waals surface area contributed by atoms with Crippen molar-refractivity contribution >= 4 is 54.8 Å². The normalized spacial score (nSPS) is 11.2. The molecule has 5 heteroatoms. The lowest BCUT2D eigenvalue weighted by molar-refractivity contribution is 1.14. The van der Waals surface area contributed by atoms with Crippen molar-refractivity contribution < 1.29 is 0 Å². The lowest BCUT2D eigenvalue weighted by Gasteiger charge is -2.01. The lowest BCUT2D eigenvalue weighted by Crippen LogP contribution is -2.19. The Morgan fingerprint density at radius 2 is 1.75 bits per heavy atom. The molecule has 0 atom stereocenters. The molecule has 3 aromatic rings. The maximum atomic E-state index is 12.0. The molecule has 0 aliphatic heterocycles. The second-order valence-electron chi connectivity index (χ2n) is 3.68. The highest BCUT2D eigenvalue weighted by atomic mass is 27.1. The van der Waals surface area contributed by atoms with E-state index in [2.05, 4.69) is 33.0 Å². The minimum Gasteiger partial charge on any atom is -0.447 e. The fourth-order valence-electron chi connectivity index (χ4n) is 2.02. The fourth-order valence-corrected chi connectivity index (χ4v) is 2.70. The summed E-state index contributed by atoms with van der Waals surface area (Å²) in [5.74, 6) is 0. The summed E-state index contributed by atoms with van der Waals surface area (Å²) in [6.45, 7) is 0. The van der Waals surface area contributed by atoms with Crippen LogP contribution >= 0.6 is 0 Å². The van der Waals surface area contributed by atoms with Gasteiger partial charge in [-0.05, 0) is 18.3 Å². The molecule has 2 aromatic heterocycles. The Balaban J connectivity index is 2.73. The molecule has 0 fully saturated rings. The van der Waals surface area contributed by atoms with Gasteiger partial charge in [0.05, 0.1) is 5.52 Å². The molecule has 0 aliphatic rings. The lowest BCUT2D eigenvalue weighted by atomic mass is 10.2. The Morgan fingerprint density at radius 3 is 2.56 bits per heavy atom. The third-order valence-corrected chi connectivity index (χ3v) is 3.73. The smallest absolute Gasteiger partial charge is 0.322 e. The standard InChI is InChI=1S/C11H7N2O.2Al/c14-11-10-8(5-6-12-11)7-3-1-2-4-9(7)13-10;;/h1-6H,(H-,12,13,14);;/q-1;2*+1/p-1. The van der Waals surface area contributed by atoms with E-state index in [-0.39, 0.29) is 5.56 Å². The van der Waals surface area contributed by atoms with Gasteiger partial charge in [0, 0.05) is 16.3 Å². The van der Waals surface area contributed by atoms with Gasteiger partial charge >= 0.3 is 33.0 Å². The van der Waals surface area contributed by atoms with Crippen LogP contribution in [0.5, 0.6) is 0 Å². The summed E-state index contributed by atoms with van der Waals surface area (Å²) in [5, 5.41) is 2.10. The topological polar surface area (TPSA) is 26.9 Å². The molecule has 3 nitrogen and oxygen atoms in total. The van der Waals surface area contributed by atoms with Crippen molar-refractivity contribution in [2.45, 2.75) is 0 Å². The van der Waals surface area contributed by atoms with Crippen LogP contribution in [0.4, 0.5) is 0 Å². The minimum atomic E-state index is -0.00583. The zero-order valence-electron chi connectivity index (χ0n) is 8.42. The highest BCUT2D eigenvalue weighted by molar-refractivity contribution is 6.22. The van der Waals surface area contributed by atoms with Crippen LogP contribution in [0.1, 0.15) is 0 Å². The number of hydrogen-bond donors (Lipinski definition) is 0. The van der Waals surface area contributed by atoms with Gasteiger partial charge in [0.25, 0.3) is 0 Å². The van der Waals surface area contributed by atoms with Crippen molar-refractivity contribution in [3.8, 4) is 0 Å². The molecule has 2 heterocycles. The zero-order chi connectivity index (χ0) is 11.3. The average molecular weight is 236 g/mol. The van der Waals surface area contributed by atoms with E-state index in [1.807, 2.05) is 33.9 Å². The van der Waals surface area contributed by atoms with Gasteiger partial charge in [-0.3, -0.25) is 4.79 Å². The summed E-state index contributed by atoms with van der Waals surface area (Å²) in [5.41, 5.74) is 1.76. The molecule has 0 saturated carbocycles. The molecule has 1 aromatic carbocycles. The Kier molecular flexibility index (Phi) is 2.24. The van der Waals surface area contributed by atoms with E-state index in [9.17, 15) is 4.79 Å². The first-order valence-electron chi connectivity index (χ1n) is 4.85. The minimum absolute atomic E-state index is 0.00583. The van der Waals surface area contributed by atoms with E-state index >= 15 is 0 Å². The SMILES string of the molecule is O=c1c2c(cc[n]1[Al])c1ccccc1[n]2[Al]. The third kappa shape index (κ3) is 1.24. The van der Waals surface area contributed by atoms with Crippen molar-refractivity contribution in [2.24, 2.45) is 0 Å². The molecule has 0 amide bonds. The first-order chi connectivity index (χ1) is 7.70. The van der Waals surface area contributed by atoms with Gasteiger partial charge in [-0.2, -0.15) is 0 Å². The molecule has 0 aliphatic carbocycles. The number of rotatable bonds is 0. The third-order valence-electron chi connectivity index (χ3n) is 2.79. The van der Waals surface area contributed by atoms with Crippen LogP contribution in [0.3, 0.4) is 0 Å². The quantitative estimate of drug-likeness (QED) is 0.531. The van der Waals surface area contributed by atoms with Crippen molar-refractivity contribution in [3.05, 3.63) is 46.9 Å². The number of hydrogen-bond acceptors (Lipinski definition) is 1. The maximum absolute atomic E-state index is 12.0. The van der Waals surface area contributed by atoms with Gasteiger partial charge in [-0.1, -0.05) is 18.2 Å². The molecule has 0 saturated heterocycles. The summed E-state index contributed by atoms with van der Waals surface area (Å²) >= 11 is 5.00. The Morgan fingerprint density at radius 1 is 1.00 bits per heavy atom. The summed E-state index contributed by atoms with van der Waals surface area (Å²) in [4.78, 5) is 12.0. The molecule has 0 spiro atoms. The molecular weight excluding hydrogens is 230 g/mol. The van der Waals surface area contributed by atoms with E-state index in [0.29, 0.717) is 5.52 Å². The number of pyridine rings is 1. The monoisotopic (exact) mass is 236 g/mol. The Bertz CT molecular complexity index is 758. The van der Waals surface area contributed by atoms with Gasteiger partial charge < -0.3 is 7.10 Å². The number of para-hydroxylation sites is 1. The predicted octanol–water partition coefficient (Wildman–Crippen LogP) is 0.819. The first-order valence-corrected chi connectivity index (χ1v) is 5.88. The van der Waals surface area contributed by atoms with Crippen molar-refractivity contribution in [1.29, 1.82) is 0 Å². The summed E-state index contributed by atoms with van der Waals surface area (Å²) in [6, 6.07) is 9.96. The van der Waals surface area contributed by atoms with Crippen molar-refractivity contribution in [3.63, 3.8) is 0 Å². The number of benzene rings is 1. The van der Waals surface area contributed by atoms with Gasteiger partial charge in [-0.25, -0.2) is 0 Å². The van der Waals surface area contributed by atoms with Crippen LogP contribution in [0, 0.1) is 0 Å². The zero-order valence-corrected chi connectivity index (χ0v) is 10.7. The Labute approximate surface area is 109 Å². The second kappa shape index (κ2) is 3.52. The van der Waals surface area contributed by atoms with E-state index < -0.39 is 0 Å². The number of nitrogens with zero attached hydrogens (tertiary/aromatic N) is 2. The summed E-state index contributed by atoms with van der Waals surface area (Å²) in [6.07, 6.45) is 1.77. The van der Waals surface area contributed by atoms with Crippen LogP contribution in [0.2, 0.25) is 0 Å². The number of fused-ring (bicyclic) bond motifs is 3. The molecule has 0 bridgehead atoms. The van der Waals surface area contributed by atoms with E-state index in [1.54, 1.807) is 6.20 Å². The number of aromatic nitrogens is 2. The summed E-state index contributed by atoms with van der Waals surface area (Å²) in [7, 11) is 0. The van der Waals surface area contributed by atoms with Crippen molar-refractivity contribution in [2.75, 3.05) is 0 Å². The molecule has 72 valence electrons. The van der Waals surface area contributed by atoms with Crippen LogP contribution < -0.4 is 5.56 Å². The van der Waals surface area contributed by atoms with E-state index in [0.717, 1.165) is 16.3 Å². The predicted molar refractivity (Wildman–Crippen MR) is 66.0 cm³/mol. The van der Waals surface area contributed by atoms with Crippen molar-refractivity contribution in [1.82, 2.24) is 7.10 Å². The maximum Gasteiger partial charge on any atom is 0.322 e. The first kappa shape index (κ1) is 10.2. The second-order valence-corrected chi connectivity index (χ2v) is 4.75. The van der Waals surface area contributed by atoms with Crippen LogP contribution in [-0.4, -0.2) is 40.1 Å². The molecule has 4 radical (unpaired) electrons. The van der Waals surface area contributed by atoms with Crippen LogP contribution in [-0.2, 0) is 0 Å². The largest absolute Gasteiger partial charge is 0.447 e. The van der Waals surface area contributed by atoms with Crippen LogP contribution in [0.15, 0.2) is 41.3 Å². The van der Waals surface area contributed by atoms with Gasteiger partial charge in [-0.15, -0.1) is 0 Å². The average Bonchev–Trinajstić information content (AvgIpc) is 2.59. The van der Waals surface area contributed by atoms with E-state index in [1.165, 1.54) is 3.55 Å². The molecular formula is C11H6Al2N2O. The Hall–Kier alpha value is -0.965. The van der Waals surface area contributed by atoms with Crippen LogP contribution in [0.25, 0.3) is 21.8 Å². The molecule has 0 N–H and O–H groups in total. The van der Waals surface area contributed by atoms with Gasteiger partial charge in [0.15, 0.2) is 0 Å². The molecule has 3 rings (SSSR count). The fraction of sp³-hybridized carbons (Fsp3) is 0. The van der Waals surface area contributed by atoms with Gasteiger partial charge in [0.2, 0.25) is 5.56 Å². The highest BCUT2D eigenvalue weighted by Gasteiger charge is 2.09. The highest BCUT2D eigenvalue weighted by Crippen LogP contribution is 2.24. The molecule has 0 unspecified atom stereocenters.